The Hall–Kier alpha value is -3.48. The van der Waals surface area contributed by atoms with Crippen molar-refractivity contribution in [2.24, 2.45) is 0 Å². The third-order valence-corrected chi connectivity index (χ3v) is 7.16. The molecule has 0 radical (unpaired) electrons. The lowest BCUT2D eigenvalue weighted by Gasteiger charge is -2.47. The molecule has 0 aliphatic carbocycles. The maximum atomic E-state index is 13.6. The molecule has 3 heterocycles. The molecule has 10 nitrogen and oxygen atoms in total. The van der Waals surface area contributed by atoms with Crippen LogP contribution in [-0.2, 0) is 17.5 Å². The number of amides is 1. The zero-order chi connectivity index (χ0) is 29.0. The first-order valence-electron chi connectivity index (χ1n) is 13.2. The highest BCUT2D eigenvalue weighted by atomic mass is 35.5. The Morgan fingerprint density at radius 3 is 2.30 bits per heavy atom. The Balaban J connectivity index is 1.70. The van der Waals surface area contributed by atoms with E-state index in [1.807, 2.05) is 37.5 Å². The van der Waals surface area contributed by atoms with Gasteiger partial charge in [0.15, 0.2) is 0 Å². The third kappa shape index (κ3) is 6.80. The lowest BCUT2D eigenvalue weighted by Crippen LogP contribution is -2.57. The number of tetrazole rings is 1. The lowest BCUT2D eigenvalue weighted by molar-refractivity contribution is -0.137. The van der Waals surface area contributed by atoms with E-state index in [1.54, 1.807) is 12.4 Å². The number of rotatable bonds is 8. The molecule has 1 amide bonds. The van der Waals surface area contributed by atoms with Crippen molar-refractivity contribution in [3.8, 4) is 5.69 Å². The van der Waals surface area contributed by atoms with Crippen LogP contribution in [0, 0.1) is 0 Å². The molecule has 3 atom stereocenters. The zero-order valence-corrected chi connectivity index (χ0v) is 23.5. The molecule has 4 rings (SSSR count). The maximum absolute atomic E-state index is 13.6. The zero-order valence-electron chi connectivity index (χ0n) is 22.7. The summed E-state index contributed by atoms with van der Waals surface area (Å²) < 4.78 is 47.7. The van der Waals surface area contributed by atoms with Crippen molar-refractivity contribution in [1.29, 1.82) is 0 Å². The second-order valence-electron chi connectivity index (χ2n) is 10.1. The average Bonchev–Trinajstić information content (AvgIpc) is 3.45. The molecule has 2 aromatic heterocycles. The fourth-order valence-corrected chi connectivity index (χ4v) is 5.37. The van der Waals surface area contributed by atoms with E-state index in [1.165, 1.54) is 17.1 Å². The number of hydrogen-bond donors (Lipinski definition) is 0. The molecule has 1 fully saturated rings. The fourth-order valence-electron chi connectivity index (χ4n) is 5.12. The summed E-state index contributed by atoms with van der Waals surface area (Å²) >= 11 is 6.11. The first-order chi connectivity index (χ1) is 19.0. The molecule has 14 heteroatoms. The molecule has 1 saturated heterocycles. The van der Waals surface area contributed by atoms with Crippen molar-refractivity contribution in [3.05, 3.63) is 53.1 Å². The maximum Gasteiger partial charge on any atom is 0.416 e. The molecule has 0 unspecified atom stereocenters. The number of benzene rings is 1. The van der Waals surface area contributed by atoms with Gasteiger partial charge in [0.2, 0.25) is 5.95 Å². The molecule has 40 heavy (non-hydrogen) atoms. The molecular weight excluding hydrogens is 549 g/mol. The number of aromatic nitrogens is 6. The summed E-state index contributed by atoms with van der Waals surface area (Å²) in [6.07, 6.45) is 1.84. The normalized spacial score (nSPS) is 19.6. The van der Waals surface area contributed by atoms with Crippen molar-refractivity contribution < 1.29 is 22.7 Å². The summed E-state index contributed by atoms with van der Waals surface area (Å²) in [6, 6.07) is 3.07. The highest BCUT2D eigenvalue weighted by Crippen LogP contribution is 2.35. The van der Waals surface area contributed by atoms with Gasteiger partial charge in [0, 0.05) is 29.7 Å². The van der Waals surface area contributed by atoms with Gasteiger partial charge in [0.05, 0.1) is 24.1 Å². The predicted molar refractivity (Wildman–Crippen MR) is 142 cm³/mol. The Bertz CT molecular complexity index is 1260. The highest BCUT2D eigenvalue weighted by molar-refractivity contribution is 6.30. The van der Waals surface area contributed by atoms with E-state index in [4.69, 9.17) is 16.3 Å². The summed E-state index contributed by atoms with van der Waals surface area (Å²) in [6.45, 7) is 7.71. The largest absolute Gasteiger partial charge is 0.447 e. The minimum atomic E-state index is -4.54. The minimum Gasteiger partial charge on any atom is -0.447 e. The van der Waals surface area contributed by atoms with Gasteiger partial charge in [-0.05, 0) is 73.7 Å². The number of likely N-dealkylation sites (tertiary alicyclic amines) is 1. The topological polar surface area (TPSA) is 102 Å². The lowest BCUT2D eigenvalue weighted by atomic mass is 9.87. The van der Waals surface area contributed by atoms with Crippen LogP contribution in [0.3, 0.4) is 0 Å². The number of carbonyl (C=O) groups excluding carboxylic acids is 1. The molecule has 0 spiro atoms. The van der Waals surface area contributed by atoms with Gasteiger partial charge >= 0.3 is 12.3 Å². The number of ether oxygens (including phenoxy) is 1. The van der Waals surface area contributed by atoms with E-state index in [-0.39, 0.29) is 41.9 Å². The van der Waals surface area contributed by atoms with Gasteiger partial charge in [0.1, 0.15) is 12.0 Å². The van der Waals surface area contributed by atoms with Crippen molar-refractivity contribution in [3.63, 3.8) is 0 Å². The summed E-state index contributed by atoms with van der Waals surface area (Å²) in [4.78, 5) is 25.8. The molecule has 216 valence electrons. The highest BCUT2D eigenvalue weighted by Gasteiger charge is 2.41. The summed E-state index contributed by atoms with van der Waals surface area (Å²) in [7, 11) is 0. The van der Waals surface area contributed by atoms with E-state index in [0.717, 1.165) is 12.1 Å². The first-order valence-corrected chi connectivity index (χ1v) is 13.6. The van der Waals surface area contributed by atoms with Crippen LogP contribution in [0.2, 0.25) is 5.02 Å². The van der Waals surface area contributed by atoms with Crippen LogP contribution in [0.4, 0.5) is 23.9 Å². The van der Waals surface area contributed by atoms with E-state index in [0.29, 0.717) is 42.9 Å². The molecule has 0 bridgehead atoms. The summed E-state index contributed by atoms with van der Waals surface area (Å²) in [5, 5.41) is 11.1. The number of halogens is 4. The fraction of sp³-hybridized carbons (Fsp3) is 0.538. The van der Waals surface area contributed by atoms with Crippen LogP contribution >= 0.6 is 11.6 Å². The number of nitrogens with zero attached hydrogens (tertiary/aromatic N) is 8. The minimum absolute atomic E-state index is 0.0103. The average molecular weight is 581 g/mol. The van der Waals surface area contributed by atoms with Gasteiger partial charge in [-0.2, -0.15) is 17.9 Å². The second-order valence-corrected chi connectivity index (χ2v) is 10.5. The van der Waals surface area contributed by atoms with Gasteiger partial charge in [-0.1, -0.05) is 25.4 Å². The van der Waals surface area contributed by atoms with Crippen LogP contribution in [0.25, 0.3) is 5.69 Å². The van der Waals surface area contributed by atoms with Gasteiger partial charge < -0.3 is 14.5 Å². The van der Waals surface area contributed by atoms with Crippen LogP contribution in [0.1, 0.15) is 64.5 Å². The molecule has 1 aliphatic rings. The Kier molecular flexibility index (Phi) is 9.12. The van der Waals surface area contributed by atoms with Crippen molar-refractivity contribution in [1.82, 2.24) is 35.1 Å². The monoisotopic (exact) mass is 580 g/mol. The van der Waals surface area contributed by atoms with Gasteiger partial charge in [-0.3, -0.25) is 0 Å². The van der Waals surface area contributed by atoms with Gasteiger partial charge in [-0.25, -0.2) is 14.8 Å². The standard InChI is InChI=1S/C26H32ClF3N8O2/c1-5-20-10-22(11-21(6-2)38(20)25(39)40-16(3)4)36(14-17-7-18(26(28,29)30)9-19(27)8-17)24-31-12-23(13-32-24)37-15-33-34-35-37/h7-9,12-13,15-16,20-22H,5-6,10-11,14H2,1-4H3/t20-,21+,22+. The van der Waals surface area contributed by atoms with Gasteiger partial charge in [0.25, 0.3) is 0 Å². The Labute approximate surface area is 235 Å². The Morgan fingerprint density at radius 1 is 1.12 bits per heavy atom. The van der Waals surface area contributed by atoms with E-state index >= 15 is 0 Å². The van der Waals surface area contributed by atoms with E-state index in [9.17, 15) is 18.0 Å². The number of carbonyl (C=O) groups is 1. The van der Waals surface area contributed by atoms with Crippen molar-refractivity contribution >= 4 is 23.6 Å². The number of piperidine rings is 1. The van der Waals surface area contributed by atoms with Crippen molar-refractivity contribution in [2.45, 2.75) is 90.3 Å². The van der Waals surface area contributed by atoms with E-state index in [2.05, 4.69) is 25.5 Å². The molecule has 1 aromatic carbocycles. The third-order valence-electron chi connectivity index (χ3n) is 6.94. The molecule has 1 aliphatic heterocycles. The first kappa shape index (κ1) is 29.5. The van der Waals surface area contributed by atoms with Crippen LogP contribution in [-0.4, -0.2) is 65.4 Å². The number of alkyl halides is 3. The number of hydrogen-bond acceptors (Lipinski definition) is 8. The molecular formula is C26H32ClF3N8O2. The summed E-state index contributed by atoms with van der Waals surface area (Å²) in [5.74, 6) is 0.332. The molecule has 3 aromatic rings. The number of anilines is 1. The van der Waals surface area contributed by atoms with Crippen LogP contribution < -0.4 is 4.90 Å². The Morgan fingerprint density at radius 2 is 1.77 bits per heavy atom. The summed E-state index contributed by atoms with van der Waals surface area (Å²) in [5.41, 5.74) is 0.0738. The molecule has 0 N–H and O–H groups in total. The van der Waals surface area contributed by atoms with Crippen LogP contribution in [0.5, 0.6) is 0 Å². The predicted octanol–water partition coefficient (Wildman–Crippen LogP) is 5.70. The van der Waals surface area contributed by atoms with Crippen molar-refractivity contribution in [2.75, 3.05) is 4.90 Å². The van der Waals surface area contributed by atoms with Gasteiger partial charge in [-0.15, -0.1) is 5.10 Å². The SMILES string of the molecule is CC[C@@H]1C[C@H](N(Cc2cc(Cl)cc(C(F)(F)F)c2)c2ncc(-n3cnnn3)cn2)C[C@H](CC)N1C(=O)OC(C)C. The van der Waals surface area contributed by atoms with E-state index < -0.39 is 11.7 Å². The second kappa shape index (κ2) is 12.4. The molecule has 0 saturated carbocycles. The smallest absolute Gasteiger partial charge is 0.416 e. The quantitative estimate of drug-likeness (QED) is 0.334. The van der Waals surface area contributed by atoms with Crippen LogP contribution in [0.15, 0.2) is 36.9 Å².